The number of aliphatic imine (C=N–C) groups is 1. The molecular weight excluding hydrogens is 495 g/mol. The van der Waals surface area contributed by atoms with Gasteiger partial charge >= 0.3 is 0 Å². The van der Waals surface area contributed by atoms with Gasteiger partial charge in [0.2, 0.25) is 5.91 Å². The fraction of sp³-hybridized carbons (Fsp3) is 0.909. The van der Waals surface area contributed by atoms with Gasteiger partial charge in [0, 0.05) is 57.5 Å². The van der Waals surface area contributed by atoms with Crippen LogP contribution in [0.15, 0.2) is 4.99 Å². The largest absolute Gasteiger partial charge is 0.381 e. The van der Waals surface area contributed by atoms with Crippen LogP contribution in [0, 0.1) is 11.8 Å². The Hall–Kier alpha value is -0.610. The molecule has 1 aliphatic carbocycles. The van der Waals surface area contributed by atoms with Crippen molar-refractivity contribution >= 4 is 35.8 Å². The van der Waals surface area contributed by atoms with Crippen LogP contribution in [-0.2, 0) is 14.3 Å². The topological polar surface area (TPSA) is 84.0 Å². The van der Waals surface area contributed by atoms with E-state index in [1.807, 2.05) is 13.8 Å². The second-order valence-electron chi connectivity index (χ2n) is 8.61. The summed E-state index contributed by atoms with van der Waals surface area (Å²) in [5, 5.41) is 9.93. The van der Waals surface area contributed by atoms with E-state index in [0.29, 0.717) is 12.0 Å². The molecule has 2 unspecified atom stereocenters. The van der Waals surface area contributed by atoms with E-state index < -0.39 is 0 Å². The molecule has 2 atom stereocenters. The number of hydrogen-bond donors (Lipinski definition) is 3. The van der Waals surface area contributed by atoms with Crippen molar-refractivity contribution in [2.24, 2.45) is 16.8 Å². The van der Waals surface area contributed by atoms with E-state index in [-0.39, 0.29) is 41.8 Å². The van der Waals surface area contributed by atoms with Gasteiger partial charge < -0.3 is 25.4 Å². The van der Waals surface area contributed by atoms with Crippen molar-refractivity contribution in [1.29, 1.82) is 0 Å². The summed E-state index contributed by atoms with van der Waals surface area (Å²) in [5.41, 5.74) is 0. The Kier molecular flexibility index (Phi) is 14.7. The standard InChI is InChI=1S/C22H42N4O3.HI/c1-4-23-22(24-11-6-12-29-16-18-9-13-28-14-10-18)26-20-8-5-7-19(15-20)21(27)25-17(2)3;/h17-20H,4-16H2,1-3H3,(H,25,27)(H2,23,24,26);1H. The Bertz CT molecular complexity index is 499. The Morgan fingerprint density at radius 3 is 2.67 bits per heavy atom. The zero-order chi connectivity index (χ0) is 20.9. The highest BCUT2D eigenvalue weighted by Gasteiger charge is 2.28. The molecule has 0 aromatic carbocycles. The normalized spacial score (nSPS) is 23.0. The molecule has 0 bridgehead atoms. The van der Waals surface area contributed by atoms with Gasteiger partial charge in [-0.2, -0.15) is 0 Å². The van der Waals surface area contributed by atoms with Gasteiger partial charge in [0.1, 0.15) is 0 Å². The van der Waals surface area contributed by atoms with Gasteiger partial charge in [-0.05, 0) is 65.2 Å². The van der Waals surface area contributed by atoms with Gasteiger partial charge in [0.15, 0.2) is 5.96 Å². The van der Waals surface area contributed by atoms with E-state index in [4.69, 9.17) is 14.5 Å². The monoisotopic (exact) mass is 538 g/mol. The van der Waals surface area contributed by atoms with Gasteiger partial charge in [-0.1, -0.05) is 6.42 Å². The van der Waals surface area contributed by atoms with E-state index in [9.17, 15) is 4.79 Å². The van der Waals surface area contributed by atoms with E-state index >= 15 is 0 Å². The van der Waals surface area contributed by atoms with Crippen LogP contribution in [0.4, 0.5) is 0 Å². The predicted molar refractivity (Wildman–Crippen MR) is 133 cm³/mol. The summed E-state index contributed by atoms with van der Waals surface area (Å²) in [6.07, 6.45) is 7.17. The number of nitrogens with zero attached hydrogens (tertiary/aromatic N) is 1. The number of nitrogens with one attached hydrogen (secondary N) is 3. The van der Waals surface area contributed by atoms with Crippen LogP contribution in [0.2, 0.25) is 0 Å². The van der Waals surface area contributed by atoms with Crippen molar-refractivity contribution in [3.05, 3.63) is 0 Å². The van der Waals surface area contributed by atoms with E-state index in [0.717, 1.165) is 90.4 Å². The lowest BCUT2D eigenvalue weighted by molar-refractivity contribution is -0.126. The zero-order valence-corrected chi connectivity index (χ0v) is 21.4. The fourth-order valence-corrected chi connectivity index (χ4v) is 4.00. The molecule has 30 heavy (non-hydrogen) atoms. The summed E-state index contributed by atoms with van der Waals surface area (Å²) in [5.74, 6) is 1.80. The van der Waals surface area contributed by atoms with Crippen LogP contribution >= 0.6 is 24.0 Å². The third-order valence-electron chi connectivity index (χ3n) is 5.57. The smallest absolute Gasteiger partial charge is 0.223 e. The third kappa shape index (κ3) is 11.1. The molecule has 2 fully saturated rings. The molecule has 1 saturated carbocycles. The Labute approximate surface area is 199 Å². The summed E-state index contributed by atoms with van der Waals surface area (Å²) < 4.78 is 11.2. The lowest BCUT2D eigenvalue weighted by Gasteiger charge is -2.30. The predicted octanol–water partition coefficient (Wildman–Crippen LogP) is 3.08. The van der Waals surface area contributed by atoms with Crippen LogP contribution in [0.1, 0.15) is 65.7 Å². The average Bonchev–Trinajstić information content (AvgIpc) is 2.71. The number of ether oxygens (including phenoxy) is 2. The minimum Gasteiger partial charge on any atom is -0.381 e. The lowest BCUT2D eigenvalue weighted by Crippen LogP contribution is -2.47. The average molecular weight is 539 g/mol. The molecular formula is C22H43IN4O3. The van der Waals surface area contributed by atoms with Gasteiger partial charge in [-0.25, -0.2) is 0 Å². The number of rotatable bonds is 10. The Morgan fingerprint density at radius 1 is 1.20 bits per heavy atom. The summed E-state index contributed by atoms with van der Waals surface area (Å²) in [7, 11) is 0. The van der Waals surface area contributed by atoms with Gasteiger partial charge in [-0.15, -0.1) is 24.0 Å². The first-order valence-electron chi connectivity index (χ1n) is 11.6. The maximum absolute atomic E-state index is 12.3. The minimum absolute atomic E-state index is 0. The molecule has 1 saturated heterocycles. The molecule has 3 N–H and O–H groups in total. The summed E-state index contributed by atoms with van der Waals surface area (Å²) in [6, 6.07) is 0.498. The highest BCUT2D eigenvalue weighted by atomic mass is 127. The van der Waals surface area contributed by atoms with Crippen LogP contribution in [0.3, 0.4) is 0 Å². The van der Waals surface area contributed by atoms with E-state index in [2.05, 4.69) is 22.9 Å². The molecule has 0 aromatic rings. The highest BCUT2D eigenvalue weighted by Crippen LogP contribution is 2.24. The van der Waals surface area contributed by atoms with Crippen LogP contribution in [0.25, 0.3) is 0 Å². The molecule has 176 valence electrons. The van der Waals surface area contributed by atoms with Crippen molar-refractivity contribution in [3.8, 4) is 0 Å². The van der Waals surface area contributed by atoms with Crippen molar-refractivity contribution in [3.63, 3.8) is 0 Å². The first-order valence-corrected chi connectivity index (χ1v) is 11.6. The van der Waals surface area contributed by atoms with Crippen molar-refractivity contribution in [1.82, 2.24) is 16.0 Å². The number of carbonyl (C=O) groups excluding carboxylic acids is 1. The molecule has 0 spiro atoms. The summed E-state index contributed by atoms with van der Waals surface area (Å²) in [4.78, 5) is 17.1. The van der Waals surface area contributed by atoms with Crippen LogP contribution in [0.5, 0.6) is 0 Å². The highest BCUT2D eigenvalue weighted by molar-refractivity contribution is 14.0. The number of amides is 1. The fourth-order valence-electron chi connectivity index (χ4n) is 4.00. The molecule has 2 rings (SSSR count). The van der Waals surface area contributed by atoms with Crippen molar-refractivity contribution < 1.29 is 14.3 Å². The zero-order valence-electron chi connectivity index (χ0n) is 19.1. The maximum Gasteiger partial charge on any atom is 0.223 e. The number of carbonyl (C=O) groups is 1. The van der Waals surface area contributed by atoms with Gasteiger partial charge in [-0.3, -0.25) is 9.79 Å². The number of halogens is 1. The maximum atomic E-state index is 12.3. The molecule has 7 nitrogen and oxygen atoms in total. The Morgan fingerprint density at radius 2 is 1.97 bits per heavy atom. The molecule has 1 amide bonds. The SMILES string of the molecule is CCNC(=NCCCOCC1CCOCC1)NC1CCCC(C(=O)NC(C)C)C1.I. The second-order valence-corrected chi connectivity index (χ2v) is 8.61. The van der Waals surface area contributed by atoms with Crippen LogP contribution < -0.4 is 16.0 Å². The molecule has 8 heteroatoms. The van der Waals surface area contributed by atoms with Gasteiger partial charge in [0.05, 0.1) is 0 Å². The molecule has 0 aromatic heterocycles. The van der Waals surface area contributed by atoms with Gasteiger partial charge in [0.25, 0.3) is 0 Å². The molecule has 2 aliphatic rings. The van der Waals surface area contributed by atoms with Crippen molar-refractivity contribution in [2.45, 2.75) is 77.8 Å². The summed E-state index contributed by atoms with van der Waals surface area (Å²) in [6.45, 7) is 11.0. The number of hydrogen-bond acceptors (Lipinski definition) is 4. The molecule has 1 aliphatic heterocycles. The number of guanidine groups is 1. The van der Waals surface area contributed by atoms with E-state index in [1.165, 1.54) is 0 Å². The quantitative estimate of drug-likeness (QED) is 0.172. The Balaban J connectivity index is 0.00000450. The third-order valence-corrected chi connectivity index (χ3v) is 5.57. The molecule has 0 radical (unpaired) electrons. The first-order chi connectivity index (χ1) is 14.1. The van der Waals surface area contributed by atoms with Crippen molar-refractivity contribution in [2.75, 3.05) is 39.5 Å². The lowest BCUT2D eigenvalue weighted by atomic mass is 9.85. The van der Waals surface area contributed by atoms with Crippen LogP contribution in [-0.4, -0.2) is 63.5 Å². The molecule has 1 heterocycles. The van der Waals surface area contributed by atoms with E-state index in [1.54, 1.807) is 0 Å². The minimum atomic E-state index is 0. The second kappa shape index (κ2) is 16.1. The summed E-state index contributed by atoms with van der Waals surface area (Å²) >= 11 is 0. The first kappa shape index (κ1) is 27.4.